The molecule has 88 valence electrons. The summed E-state index contributed by atoms with van der Waals surface area (Å²) in [6, 6.07) is 1.84. The van der Waals surface area contributed by atoms with E-state index >= 15 is 0 Å². The van der Waals surface area contributed by atoms with E-state index < -0.39 is 0 Å². The number of nitrogens with zero attached hydrogens (tertiary/aromatic N) is 2. The summed E-state index contributed by atoms with van der Waals surface area (Å²) in [6.45, 7) is 4.18. The average molecular weight is 285 g/mol. The third-order valence-corrected chi connectivity index (χ3v) is 3.44. The Balaban J connectivity index is 1.98. The van der Waals surface area contributed by atoms with Crippen molar-refractivity contribution < 1.29 is 4.74 Å². The molecule has 0 amide bonds. The van der Waals surface area contributed by atoms with E-state index in [-0.39, 0.29) is 0 Å². The van der Waals surface area contributed by atoms with Gasteiger partial charge in [0.1, 0.15) is 16.5 Å². The van der Waals surface area contributed by atoms with Crippen molar-refractivity contribution in [3.8, 4) is 5.88 Å². The quantitative estimate of drug-likeness (QED) is 0.780. The summed E-state index contributed by atoms with van der Waals surface area (Å²) in [5, 5.41) is 0. The Kier molecular flexibility index (Phi) is 3.79. The van der Waals surface area contributed by atoms with Crippen molar-refractivity contribution in [1.82, 2.24) is 9.97 Å². The minimum absolute atomic E-state index is 0.331. The van der Waals surface area contributed by atoms with Crippen molar-refractivity contribution in [1.29, 1.82) is 0 Å². The molecule has 0 N–H and O–H groups in total. The standard InChI is InChI=1S/C12H17BrN2O/c1-8-3-5-10(6-4-8)16-12-7-11(13)14-9(2)15-12/h7-8,10H,3-6H2,1-2H3. The van der Waals surface area contributed by atoms with Gasteiger partial charge in [-0.15, -0.1) is 0 Å². The highest BCUT2D eigenvalue weighted by atomic mass is 79.9. The van der Waals surface area contributed by atoms with Gasteiger partial charge in [0.25, 0.3) is 0 Å². The van der Waals surface area contributed by atoms with Gasteiger partial charge in [0.15, 0.2) is 0 Å². The molecule has 0 radical (unpaired) electrons. The van der Waals surface area contributed by atoms with Gasteiger partial charge in [-0.3, -0.25) is 0 Å². The highest BCUT2D eigenvalue weighted by molar-refractivity contribution is 9.10. The van der Waals surface area contributed by atoms with Crippen molar-refractivity contribution in [3.63, 3.8) is 0 Å². The molecule has 0 aromatic carbocycles. The topological polar surface area (TPSA) is 35.0 Å². The molecule has 1 saturated carbocycles. The molecule has 1 aromatic rings. The zero-order chi connectivity index (χ0) is 11.5. The van der Waals surface area contributed by atoms with Gasteiger partial charge in [0.2, 0.25) is 5.88 Å². The summed E-state index contributed by atoms with van der Waals surface area (Å²) in [5.74, 6) is 2.28. The number of ether oxygens (including phenoxy) is 1. The number of aryl methyl sites for hydroxylation is 1. The Bertz CT molecular complexity index is 342. The van der Waals surface area contributed by atoms with Crippen LogP contribution in [0.4, 0.5) is 0 Å². The molecule has 0 spiro atoms. The lowest BCUT2D eigenvalue weighted by atomic mass is 9.89. The van der Waals surface area contributed by atoms with E-state index in [1.807, 2.05) is 13.0 Å². The first-order valence-corrected chi connectivity index (χ1v) is 6.60. The summed E-state index contributed by atoms with van der Waals surface area (Å²) >= 11 is 3.36. The van der Waals surface area contributed by atoms with Crippen LogP contribution in [0.3, 0.4) is 0 Å². The summed E-state index contributed by atoms with van der Waals surface area (Å²) in [7, 11) is 0. The molecule has 16 heavy (non-hydrogen) atoms. The van der Waals surface area contributed by atoms with Gasteiger partial charge in [0.05, 0.1) is 0 Å². The van der Waals surface area contributed by atoms with Crippen molar-refractivity contribution >= 4 is 15.9 Å². The summed E-state index contributed by atoms with van der Waals surface area (Å²) in [5.41, 5.74) is 0. The lowest BCUT2D eigenvalue weighted by Gasteiger charge is -2.26. The number of hydrogen-bond donors (Lipinski definition) is 0. The largest absolute Gasteiger partial charge is 0.474 e. The van der Waals surface area contributed by atoms with Crippen LogP contribution in [-0.4, -0.2) is 16.1 Å². The van der Waals surface area contributed by atoms with E-state index in [0.29, 0.717) is 12.0 Å². The van der Waals surface area contributed by atoms with Gasteiger partial charge in [-0.05, 0) is 54.5 Å². The predicted molar refractivity (Wildman–Crippen MR) is 66.5 cm³/mol. The van der Waals surface area contributed by atoms with E-state index in [9.17, 15) is 0 Å². The van der Waals surface area contributed by atoms with Crippen LogP contribution in [0.2, 0.25) is 0 Å². The van der Waals surface area contributed by atoms with Gasteiger partial charge in [0, 0.05) is 6.07 Å². The smallest absolute Gasteiger partial charge is 0.217 e. The van der Waals surface area contributed by atoms with Crippen LogP contribution in [-0.2, 0) is 0 Å². The van der Waals surface area contributed by atoms with Crippen LogP contribution in [0, 0.1) is 12.8 Å². The molecule has 0 aliphatic heterocycles. The first-order chi connectivity index (χ1) is 7.63. The normalized spacial score (nSPS) is 25.4. The Morgan fingerprint density at radius 2 is 1.94 bits per heavy atom. The van der Waals surface area contributed by atoms with Crippen LogP contribution >= 0.6 is 15.9 Å². The van der Waals surface area contributed by atoms with E-state index in [1.54, 1.807) is 0 Å². The Labute approximate surface area is 105 Å². The zero-order valence-electron chi connectivity index (χ0n) is 9.74. The molecular weight excluding hydrogens is 268 g/mol. The van der Waals surface area contributed by atoms with Gasteiger partial charge < -0.3 is 4.74 Å². The third-order valence-electron chi connectivity index (χ3n) is 3.03. The second kappa shape index (κ2) is 5.13. The highest BCUT2D eigenvalue weighted by Crippen LogP contribution is 2.27. The molecule has 1 fully saturated rings. The molecule has 1 heterocycles. The first kappa shape index (κ1) is 11.8. The van der Waals surface area contributed by atoms with Gasteiger partial charge >= 0.3 is 0 Å². The minimum Gasteiger partial charge on any atom is -0.474 e. The van der Waals surface area contributed by atoms with E-state index in [4.69, 9.17) is 4.74 Å². The zero-order valence-corrected chi connectivity index (χ0v) is 11.3. The van der Waals surface area contributed by atoms with Crippen molar-refractivity contribution in [2.24, 2.45) is 5.92 Å². The lowest BCUT2D eigenvalue weighted by Crippen LogP contribution is -2.23. The molecule has 0 atom stereocenters. The Morgan fingerprint density at radius 3 is 2.56 bits per heavy atom. The van der Waals surface area contributed by atoms with Crippen molar-refractivity contribution in [2.75, 3.05) is 0 Å². The van der Waals surface area contributed by atoms with Gasteiger partial charge in [-0.2, -0.15) is 4.98 Å². The molecule has 0 bridgehead atoms. The van der Waals surface area contributed by atoms with Crippen LogP contribution < -0.4 is 4.74 Å². The molecule has 0 unspecified atom stereocenters. The average Bonchev–Trinajstić information content (AvgIpc) is 2.20. The second-order valence-corrected chi connectivity index (χ2v) is 5.39. The number of aromatic nitrogens is 2. The first-order valence-electron chi connectivity index (χ1n) is 5.81. The molecule has 3 nitrogen and oxygen atoms in total. The maximum absolute atomic E-state index is 5.88. The molecule has 1 aliphatic carbocycles. The second-order valence-electron chi connectivity index (χ2n) is 4.58. The lowest BCUT2D eigenvalue weighted by molar-refractivity contribution is 0.129. The number of halogens is 1. The fourth-order valence-corrected chi connectivity index (χ4v) is 2.54. The van der Waals surface area contributed by atoms with Crippen molar-refractivity contribution in [2.45, 2.75) is 45.6 Å². The Hall–Kier alpha value is -0.640. The Morgan fingerprint density at radius 1 is 1.25 bits per heavy atom. The molecule has 2 rings (SSSR count). The SMILES string of the molecule is Cc1nc(Br)cc(OC2CCC(C)CC2)n1. The van der Waals surface area contributed by atoms with Crippen LogP contribution in [0.15, 0.2) is 10.7 Å². The maximum atomic E-state index is 5.88. The minimum atomic E-state index is 0.331. The maximum Gasteiger partial charge on any atom is 0.217 e. The van der Waals surface area contributed by atoms with E-state index in [2.05, 4.69) is 32.8 Å². The molecular formula is C12H17BrN2O. The molecule has 4 heteroatoms. The monoisotopic (exact) mass is 284 g/mol. The highest BCUT2D eigenvalue weighted by Gasteiger charge is 2.20. The number of rotatable bonds is 2. The van der Waals surface area contributed by atoms with Crippen LogP contribution in [0.25, 0.3) is 0 Å². The number of hydrogen-bond acceptors (Lipinski definition) is 3. The van der Waals surface area contributed by atoms with Crippen molar-refractivity contribution in [3.05, 3.63) is 16.5 Å². The summed E-state index contributed by atoms with van der Waals surface area (Å²) in [4.78, 5) is 8.45. The summed E-state index contributed by atoms with van der Waals surface area (Å²) < 4.78 is 6.68. The van der Waals surface area contributed by atoms with Crippen LogP contribution in [0.1, 0.15) is 38.4 Å². The molecule has 1 aliphatic rings. The van der Waals surface area contributed by atoms with E-state index in [0.717, 1.165) is 29.2 Å². The fraction of sp³-hybridized carbons (Fsp3) is 0.667. The molecule has 0 saturated heterocycles. The van der Waals surface area contributed by atoms with Gasteiger partial charge in [-0.25, -0.2) is 4.98 Å². The molecule has 1 aromatic heterocycles. The van der Waals surface area contributed by atoms with Gasteiger partial charge in [-0.1, -0.05) is 6.92 Å². The van der Waals surface area contributed by atoms with E-state index in [1.165, 1.54) is 12.8 Å². The predicted octanol–water partition coefficient (Wildman–Crippen LogP) is 3.51. The summed E-state index contributed by atoms with van der Waals surface area (Å²) in [6.07, 6.45) is 5.13. The fourth-order valence-electron chi connectivity index (χ4n) is 2.08. The van der Waals surface area contributed by atoms with Crippen LogP contribution in [0.5, 0.6) is 5.88 Å². The third kappa shape index (κ3) is 3.17.